The van der Waals surface area contributed by atoms with Gasteiger partial charge in [0.25, 0.3) is 5.91 Å². The number of nitrogens with two attached hydrogens (primary N) is 1. The molecule has 1 saturated heterocycles. The number of hydrogen-bond acceptors (Lipinski definition) is 6. The summed E-state index contributed by atoms with van der Waals surface area (Å²) in [5, 5.41) is 1.81. The highest BCUT2D eigenvalue weighted by atomic mass is 32.2. The number of piperidine rings is 1. The summed E-state index contributed by atoms with van der Waals surface area (Å²) in [6.07, 6.45) is -0.252. The van der Waals surface area contributed by atoms with Gasteiger partial charge in [-0.3, -0.25) is 10.1 Å². The Labute approximate surface area is 164 Å². The number of nitrogens with one attached hydrogen (secondary N) is 1. The molecule has 9 nitrogen and oxygen atoms in total. The Morgan fingerprint density at radius 2 is 1.68 bits per heavy atom. The Morgan fingerprint density at radius 1 is 1.14 bits per heavy atom. The lowest BCUT2D eigenvalue weighted by atomic mass is 9.94. The molecule has 28 heavy (non-hydrogen) atoms. The minimum absolute atomic E-state index is 0.0815. The van der Waals surface area contributed by atoms with Gasteiger partial charge in [-0.15, -0.1) is 0 Å². The number of carbonyl (C=O) groups is 3. The molecule has 1 heterocycles. The number of sulfonamides is 1. The van der Waals surface area contributed by atoms with E-state index in [4.69, 9.17) is 10.5 Å². The van der Waals surface area contributed by atoms with Crippen LogP contribution >= 0.6 is 0 Å². The predicted molar refractivity (Wildman–Crippen MR) is 101 cm³/mol. The van der Waals surface area contributed by atoms with E-state index in [0.29, 0.717) is 13.1 Å². The monoisotopic (exact) mass is 411 g/mol. The third-order valence-electron chi connectivity index (χ3n) is 4.46. The average Bonchev–Trinajstić information content (AvgIpc) is 2.60. The number of primary amides is 1. The van der Waals surface area contributed by atoms with E-state index in [0.717, 1.165) is 6.42 Å². The molecular weight excluding hydrogens is 386 g/mol. The summed E-state index contributed by atoms with van der Waals surface area (Å²) < 4.78 is 32.1. The molecule has 0 radical (unpaired) electrons. The predicted octanol–water partition coefficient (Wildman–Crippen LogP) is 1.09. The van der Waals surface area contributed by atoms with Crippen molar-refractivity contribution in [3.63, 3.8) is 0 Å². The van der Waals surface area contributed by atoms with Crippen molar-refractivity contribution < 1.29 is 27.5 Å². The van der Waals surface area contributed by atoms with Crippen LogP contribution in [0.25, 0.3) is 0 Å². The van der Waals surface area contributed by atoms with Crippen molar-refractivity contribution >= 4 is 27.9 Å². The van der Waals surface area contributed by atoms with E-state index in [9.17, 15) is 22.8 Å². The molecule has 0 saturated carbocycles. The molecule has 1 aliphatic rings. The van der Waals surface area contributed by atoms with Gasteiger partial charge in [-0.25, -0.2) is 18.0 Å². The Hall–Kier alpha value is -2.46. The summed E-state index contributed by atoms with van der Waals surface area (Å²) in [5.41, 5.74) is 4.92. The topological polar surface area (TPSA) is 136 Å². The molecule has 1 fully saturated rings. The lowest BCUT2D eigenvalue weighted by Crippen LogP contribution is -2.42. The number of carbonyl (C=O) groups excluding carboxylic acids is 3. The third kappa shape index (κ3) is 5.29. The van der Waals surface area contributed by atoms with E-state index in [-0.39, 0.29) is 22.3 Å². The van der Waals surface area contributed by atoms with Gasteiger partial charge in [0.05, 0.1) is 10.5 Å². The summed E-state index contributed by atoms with van der Waals surface area (Å²) in [7, 11) is -3.65. The second-order valence-electron chi connectivity index (χ2n) is 7.19. The van der Waals surface area contributed by atoms with Gasteiger partial charge in [-0.2, -0.15) is 4.31 Å². The second-order valence-corrected chi connectivity index (χ2v) is 9.13. The van der Waals surface area contributed by atoms with Gasteiger partial charge in [-0.05, 0) is 49.4 Å². The first-order valence-corrected chi connectivity index (χ1v) is 10.4. The zero-order valence-electron chi connectivity index (χ0n) is 16.0. The number of urea groups is 1. The summed E-state index contributed by atoms with van der Waals surface area (Å²) in [5.74, 6) is -1.12. The van der Waals surface area contributed by atoms with Gasteiger partial charge in [0.2, 0.25) is 10.0 Å². The van der Waals surface area contributed by atoms with Gasteiger partial charge in [0.15, 0.2) is 6.10 Å². The third-order valence-corrected chi connectivity index (χ3v) is 6.31. The van der Waals surface area contributed by atoms with Crippen molar-refractivity contribution in [1.82, 2.24) is 9.62 Å². The maximum Gasteiger partial charge on any atom is 0.338 e. The van der Waals surface area contributed by atoms with Crippen LogP contribution in [0, 0.1) is 11.8 Å². The molecule has 1 aliphatic heterocycles. The maximum atomic E-state index is 12.8. The minimum Gasteiger partial charge on any atom is -0.449 e. The Bertz CT molecular complexity index is 843. The summed E-state index contributed by atoms with van der Waals surface area (Å²) in [6, 6.07) is 4.27. The Morgan fingerprint density at radius 3 is 2.18 bits per heavy atom. The molecule has 3 amide bonds. The SMILES string of the molecule is C[C@H]1C[C@H](C)CN(S(=O)(=O)c2ccc(C(=O)O[C@H](C)C(=O)NC(N)=O)cc2)C1. The molecule has 0 bridgehead atoms. The number of imide groups is 1. The molecule has 0 unspecified atom stereocenters. The number of nitrogens with zero attached hydrogens (tertiary/aromatic N) is 1. The van der Waals surface area contributed by atoms with E-state index in [1.807, 2.05) is 19.2 Å². The molecule has 1 aromatic rings. The Kier molecular flexibility index (Phi) is 6.78. The first-order valence-electron chi connectivity index (χ1n) is 8.92. The highest BCUT2D eigenvalue weighted by Crippen LogP contribution is 2.26. The zero-order chi connectivity index (χ0) is 21.1. The highest BCUT2D eigenvalue weighted by Gasteiger charge is 2.31. The quantitative estimate of drug-likeness (QED) is 0.696. The smallest absolute Gasteiger partial charge is 0.338 e. The van der Waals surface area contributed by atoms with Crippen LogP contribution in [0.5, 0.6) is 0 Å². The van der Waals surface area contributed by atoms with Crippen molar-refractivity contribution in [2.45, 2.75) is 38.2 Å². The van der Waals surface area contributed by atoms with Crippen LogP contribution in [-0.2, 0) is 19.6 Å². The normalized spacial score (nSPS) is 21.5. The largest absolute Gasteiger partial charge is 0.449 e. The number of esters is 1. The van der Waals surface area contributed by atoms with Crippen molar-refractivity contribution in [2.24, 2.45) is 17.6 Å². The van der Waals surface area contributed by atoms with Crippen LogP contribution in [0.3, 0.4) is 0 Å². The number of ether oxygens (including phenoxy) is 1. The number of hydrogen-bond donors (Lipinski definition) is 2. The van der Waals surface area contributed by atoms with E-state index in [1.54, 1.807) is 0 Å². The molecule has 0 aromatic heterocycles. The second kappa shape index (κ2) is 8.70. The van der Waals surface area contributed by atoms with Crippen LogP contribution in [0.1, 0.15) is 37.6 Å². The minimum atomic E-state index is -3.65. The van der Waals surface area contributed by atoms with Crippen molar-refractivity contribution in [2.75, 3.05) is 13.1 Å². The average molecular weight is 411 g/mol. The lowest BCUT2D eigenvalue weighted by Gasteiger charge is -2.34. The molecule has 10 heteroatoms. The Balaban J connectivity index is 2.09. The van der Waals surface area contributed by atoms with E-state index in [1.165, 1.54) is 35.5 Å². The van der Waals surface area contributed by atoms with E-state index >= 15 is 0 Å². The van der Waals surface area contributed by atoms with Crippen LogP contribution in [0.4, 0.5) is 4.79 Å². The number of benzene rings is 1. The number of amides is 3. The zero-order valence-corrected chi connectivity index (χ0v) is 16.9. The van der Waals surface area contributed by atoms with Crippen LogP contribution in [0.15, 0.2) is 29.2 Å². The van der Waals surface area contributed by atoms with Crippen molar-refractivity contribution in [3.8, 4) is 0 Å². The van der Waals surface area contributed by atoms with Crippen LogP contribution < -0.4 is 11.1 Å². The molecule has 154 valence electrons. The molecule has 1 aromatic carbocycles. The molecule has 3 atom stereocenters. The van der Waals surface area contributed by atoms with Crippen molar-refractivity contribution in [1.29, 1.82) is 0 Å². The molecule has 3 N–H and O–H groups in total. The fourth-order valence-corrected chi connectivity index (χ4v) is 4.90. The first-order chi connectivity index (χ1) is 13.0. The van der Waals surface area contributed by atoms with Crippen LogP contribution in [0.2, 0.25) is 0 Å². The van der Waals surface area contributed by atoms with Crippen molar-refractivity contribution in [3.05, 3.63) is 29.8 Å². The standard InChI is InChI=1S/C18H25N3O6S/c1-11-8-12(2)10-21(9-11)28(25,26)15-6-4-14(5-7-15)17(23)27-13(3)16(22)20-18(19)24/h4-7,11-13H,8-10H2,1-3H3,(H3,19,20,22,24)/t11-,12-,13+/m0/s1. The summed E-state index contributed by atoms with van der Waals surface area (Å²) in [4.78, 5) is 34.4. The fourth-order valence-electron chi connectivity index (χ4n) is 3.22. The molecular formula is C18H25N3O6S. The first kappa shape index (κ1) is 21.8. The lowest BCUT2D eigenvalue weighted by molar-refractivity contribution is -0.127. The molecule has 0 spiro atoms. The summed E-state index contributed by atoms with van der Waals surface area (Å²) >= 11 is 0. The molecule has 2 rings (SSSR count). The fraction of sp³-hybridized carbons (Fsp3) is 0.500. The van der Waals surface area contributed by atoms with Gasteiger partial charge in [0.1, 0.15) is 0 Å². The van der Waals surface area contributed by atoms with Gasteiger partial charge in [0, 0.05) is 13.1 Å². The van der Waals surface area contributed by atoms with Crippen LogP contribution in [-0.4, -0.2) is 49.8 Å². The van der Waals surface area contributed by atoms with Gasteiger partial charge >= 0.3 is 12.0 Å². The summed E-state index contributed by atoms with van der Waals surface area (Å²) in [6.45, 7) is 6.25. The number of rotatable bonds is 5. The van der Waals surface area contributed by atoms with Gasteiger partial charge in [-0.1, -0.05) is 13.8 Å². The van der Waals surface area contributed by atoms with Gasteiger partial charge < -0.3 is 10.5 Å². The van der Waals surface area contributed by atoms with E-state index in [2.05, 4.69) is 0 Å². The van der Waals surface area contributed by atoms with E-state index < -0.39 is 34.0 Å². The highest BCUT2D eigenvalue weighted by molar-refractivity contribution is 7.89. The maximum absolute atomic E-state index is 12.8. The molecule has 0 aliphatic carbocycles.